The first-order valence-electron chi connectivity index (χ1n) is 16.0. The molecule has 49 heavy (non-hydrogen) atoms. The van der Waals surface area contributed by atoms with E-state index in [-0.39, 0.29) is 40.8 Å². The molecule has 2 atom stereocenters. The van der Waals surface area contributed by atoms with Gasteiger partial charge in [-0.25, -0.2) is 9.59 Å². The molecule has 3 aromatic carbocycles. The lowest BCUT2D eigenvalue weighted by Gasteiger charge is -2.35. The Morgan fingerprint density at radius 1 is 1.00 bits per heavy atom. The largest absolute Gasteiger partial charge is 0.493 e. The molecule has 0 bridgehead atoms. The van der Waals surface area contributed by atoms with Crippen molar-refractivity contribution in [3.05, 3.63) is 86.9 Å². The van der Waals surface area contributed by atoms with Crippen LogP contribution in [-0.2, 0) is 22.4 Å². The van der Waals surface area contributed by atoms with Crippen molar-refractivity contribution >= 4 is 41.2 Å². The van der Waals surface area contributed by atoms with Crippen LogP contribution in [0.4, 0.5) is 4.79 Å². The number of nitrogens with zero attached hydrogens (tertiary/aromatic N) is 3. The molecule has 0 aromatic heterocycles. The maximum absolute atomic E-state index is 13.5. The number of carbonyl (C=O) groups excluding carboxylic acids is 3. The summed E-state index contributed by atoms with van der Waals surface area (Å²) in [4.78, 5) is 43.5. The van der Waals surface area contributed by atoms with E-state index in [1.807, 2.05) is 19.9 Å². The molecule has 0 radical (unpaired) electrons. The van der Waals surface area contributed by atoms with Gasteiger partial charge in [-0.1, -0.05) is 55.2 Å². The van der Waals surface area contributed by atoms with Crippen molar-refractivity contribution in [2.24, 2.45) is 0 Å². The third-order valence-corrected chi connectivity index (χ3v) is 9.03. The van der Waals surface area contributed by atoms with Gasteiger partial charge in [0.15, 0.2) is 17.2 Å². The number of hydrogen-bond acceptors (Lipinski definition) is 9. The zero-order valence-corrected chi connectivity index (χ0v) is 29.5. The van der Waals surface area contributed by atoms with E-state index in [0.29, 0.717) is 36.6 Å². The van der Waals surface area contributed by atoms with E-state index < -0.39 is 30.1 Å². The summed E-state index contributed by atoms with van der Waals surface area (Å²) in [5.41, 5.74) is 2.54. The minimum absolute atomic E-state index is 0.0383. The summed E-state index contributed by atoms with van der Waals surface area (Å²) in [6.45, 7) is 6.68. The van der Waals surface area contributed by atoms with Gasteiger partial charge < -0.3 is 29.2 Å². The van der Waals surface area contributed by atoms with E-state index >= 15 is 0 Å². The second-order valence-electron chi connectivity index (χ2n) is 11.3. The molecule has 1 unspecified atom stereocenters. The Balaban J connectivity index is 1.50. The van der Waals surface area contributed by atoms with Gasteiger partial charge in [-0.05, 0) is 72.6 Å². The maximum atomic E-state index is 13.5. The molecule has 2 amide bonds. The molecule has 3 aromatic rings. The number of benzene rings is 3. The Morgan fingerprint density at radius 3 is 2.37 bits per heavy atom. The second-order valence-corrected chi connectivity index (χ2v) is 12.1. The molecule has 1 aliphatic heterocycles. The number of carbonyl (C=O) groups is 3. The van der Waals surface area contributed by atoms with Crippen molar-refractivity contribution in [3.63, 3.8) is 0 Å². The molecule has 1 heterocycles. The van der Waals surface area contributed by atoms with Gasteiger partial charge >= 0.3 is 12.1 Å². The first-order valence-corrected chi connectivity index (χ1v) is 16.7. The maximum Gasteiger partial charge on any atom is 0.415 e. The minimum Gasteiger partial charge on any atom is -0.493 e. The van der Waals surface area contributed by atoms with Crippen LogP contribution in [0.2, 0.25) is 10.0 Å². The van der Waals surface area contributed by atoms with Crippen molar-refractivity contribution in [2.75, 3.05) is 47.0 Å². The van der Waals surface area contributed by atoms with Crippen LogP contribution >= 0.6 is 23.2 Å². The number of methoxy groups -OCH3 is 2. The third-order valence-electron chi connectivity index (χ3n) is 8.41. The van der Waals surface area contributed by atoms with Crippen LogP contribution in [0.5, 0.6) is 17.2 Å². The standard InChI is InChI=1S/C36H40Cl2N4O7/c1-5-41(6-2)17-18-48-35(44)29(40-34(43)25-9-7-8-10-27(25)37)20-23-11-12-31(28(38)19-23)49-36(45)42-16-14-24-21-32(46-3)33(47-4)22-26(24)30(42)13-15-39/h7-12,19,21-22,29-30H,5-6,13-14,16-18,20H2,1-4H3,(H,40,43)/t29-,30?/m0/s1. The molecule has 0 fully saturated rings. The smallest absolute Gasteiger partial charge is 0.415 e. The fraction of sp³-hybridized carbons (Fsp3) is 0.389. The summed E-state index contributed by atoms with van der Waals surface area (Å²) in [6, 6.07) is 15.5. The van der Waals surface area contributed by atoms with Gasteiger partial charge in [-0.3, -0.25) is 9.69 Å². The molecule has 1 aliphatic rings. The average molecular weight is 712 g/mol. The highest BCUT2D eigenvalue weighted by atomic mass is 35.5. The quantitative estimate of drug-likeness (QED) is 0.193. The van der Waals surface area contributed by atoms with E-state index in [1.54, 1.807) is 49.6 Å². The molecule has 260 valence electrons. The lowest BCUT2D eigenvalue weighted by molar-refractivity contribution is -0.146. The first kappa shape index (κ1) is 37.3. The summed E-state index contributed by atoms with van der Waals surface area (Å²) in [5, 5.41) is 12.7. The van der Waals surface area contributed by atoms with Gasteiger partial charge in [0.25, 0.3) is 5.91 Å². The van der Waals surface area contributed by atoms with E-state index in [2.05, 4.69) is 16.3 Å². The van der Waals surface area contributed by atoms with E-state index in [4.69, 9.17) is 42.1 Å². The van der Waals surface area contributed by atoms with Crippen molar-refractivity contribution in [3.8, 4) is 23.3 Å². The number of nitrogens with one attached hydrogen (secondary N) is 1. The van der Waals surface area contributed by atoms with Crippen molar-refractivity contribution in [2.45, 2.75) is 45.2 Å². The first-order chi connectivity index (χ1) is 23.6. The molecule has 0 aliphatic carbocycles. The highest BCUT2D eigenvalue weighted by molar-refractivity contribution is 6.34. The van der Waals surface area contributed by atoms with Crippen molar-refractivity contribution < 1.29 is 33.3 Å². The number of rotatable bonds is 14. The number of ether oxygens (including phenoxy) is 4. The van der Waals surface area contributed by atoms with Crippen LogP contribution in [0, 0.1) is 11.3 Å². The molecule has 13 heteroatoms. The van der Waals surface area contributed by atoms with Crippen LogP contribution in [0.25, 0.3) is 0 Å². The monoisotopic (exact) mass is 710 g/mol. The Kier molecular flexibility index (Phi) is 13.5. The Labute approximate surface area is 296 Å². The van der Waals surface area contributed by atoms with Gasteiger partial charge in [0.1, 0.15) is 12.6 Å². The number of likely N-dealkylation sites (N-methyl/N-ethyl adjacent to an activating group) is 1. The average Bonchev–Trinajstić information content (AvgIpc) is 3.10. The predicted octanol–water partition coefficient (Wildman–Crippen LogP) is 6.25. The molecule has 0 spiro atoms. The van der Waals surface area contributed by atoms with Gasteiger partial charge in [0.2, 0.25) is 0 Å². The van der Waals surface area contributed by atoms with E-state index in [1.165, 1.54) is 18.1 Å². The van der Waals surface area contributed by atoms with Gasteiger partial charge in [-0.2, -0.15) is 5.26 Å². The topological polar surface area (TPSA) is 130 Å². The lowest BCUT2D eigenvalue weighted by atomic mass is 9.90. The summed E-state index contributed by atoms with van der Waals surface area (Å²) in [6.07, 6.45) is -0.0633. The number of nitriles is 1. The Hall–Kier alpha value is -4.50. The van der Waals surface area contributed by atoms with Crippen molar-refractivity contribution in [1.82, 2.24) is 15.1 Å². The molecule has 1 N–H and O–H groups in total. The summed E-state index contributed by atoms with van der Waals surface area (Å²) in [7, 11) is 3.07. The fourth-order valence-electron chi connectivity index (χ4n) is 5.69. The molecular formula is C36H40Cl2N4O7. The highest BCUT2D eigenvalue weighted by Gasteiger charge is 2.34. The minimum atomic E-state index is -1.05. The third kappa shape index (κ3) is 9.35. The number of amides is 2. The zero-order chi connectivity index (χ0) is 35.5. The molecular weight excluding hydrogens is 671 g/mol. The number of hydrogen-bond donors (Lipinski definition) is 1. The van der Waals surface area contributed by atoms with Crippen LogP contribution in [0.3, 0.4) is 0 Å². The van der Waals surface area contributed by atoms with Crippen LogP contribution < -0.4 is 19.5 Å². The number of esters is 1. The SMILES string of the molecule is CCN(CC)CCOC(=O)[C@H](Cc1ccc(OC(=O)N2CCc3cc(OC)c(OC)cc3C2CC#N)c(Cl)c1)NC(=O)c1ccccc1Cl. The lowest BCUT2D eigenvalue weighted by Crippen LogP contribution is -2.44. The Morgan fingerprint density at radius 2 is 1.71 bits per heavy atom. The van der Waals surface area contributed by atoms with E-state index in [0.717, 1.165) is 24.2 Å². The molecule has 0 saturated carbocycles. The second kappa shape index (κ2) is 17.8. The summed E-state index contributed by atoms with van der Waals surface area (Å²) in [5.74, 6) is 0.0228. The molecule has 4 rings (SSSR count). The normalized spacial score (nSPS) is 14.3. The fourth-order valence-corrected chi connectivity index (χ4v) is 6.15. The van der Waals surface area contributed by atoms with Crippen LogP contribution in [-0.4, -0.2) is 80.8 Å². The summed E-state index contributed by atoms with van der Waals surface area (Å²) < 4.78 is 22.2. The van der Waals surface area contributed by atoms with Crippen LogP contribution in [0.15, 0.2) is 54.6 Å². The zero-order valence-electron chi connectivity index (χ0n) is 28.0. The van der Waals surface area contributed by atoms with E-state index in [9.17, 15) is 19.6 Å². The Bertz CT molecular complexity index is 1690. The molecule has 11 nitrogen and oxygen atoms in total. The van der Waals surface area contributed by atoms with Gasteiger partial charge in [0.05, 0.1) is 48.4 Å². The summed E-state index contributed by atoms with van der Waals surface area (Å²) >= 11 is 12.8. The highest BCUT2D eigenvalue weighted by Crippen LogP contribution is 2.40. The van der Waals surface area contributed by atoms with Crippen LogP contribution in [0.1, 0.15) is 53.4 Å². The molecule has 0 saturated heterocycles. The number of fused-ring (bicyclic) bond motifs is 1. The van der Waals surface area contributed by atoms with Gasteiger partial charge in [0, 0.05) is 19.5 Å². The van der Waals surface area contributed by atoms with Gasteiger partial charge in [-0.15, -0.1) is 0 Å². The predicted molar refractivity (Wildman–Crippen MR) is 186 cm³/mol. The number of halogens is 2. The van der Waals surface area contributed by atoms with Crippen molar-refractivity contribution in [1.29, 1.82) is 5.26 Å².